The molecule has 8 heteroatoms. The van der Waals surface area contributed by atoms with E-state index in [1.54, 1.807) is 18.7 Å². The number of carbonyl (C=O) groups excluding carboxylic acids is 1. The largest absolute Gasteiger partial charge is 0.339 e. The van der Waals surface area contributed by atoms with Crippen molar-refractivity contribution < 1.29 is 13.2 Å². The number of nitrogens with zero attached hydrogens (tertiary/aromatic N) is 2. The van der Waals surface area contributed by atoms with Crippen LogP contribution in [-0.2, 0) is 21.1 Å². The van der Waals surface area contributed by atoms with E-state index in [0.29, 0.717) is 30.0 Å². The Morgan fingerprint density at radius 2 is 2.09 bits per heavy atom. The van der Waals surface area contributed by atoms with Gasteiger partial charge in [0.2, 0.25) is 5.91 Å². The summed E-state index contributed by atoms with van der Waals surface area (Å²) in [5.74, 6) is 0.401. The highest BCUT2D eigenvalue weighted by Gasteiger charge is 2.34. The predicted octanol–water partition coefficient (Wildman–Crippen LogP) is -0.0352. The van der Waals surface area contributed by atoms with Crippen molar-refractivity contribution in [3.05, 3.63) is 27.4 Å². The molecule has 1 atom stereocenters. The van der Waals surface area contributed by atoms with Crippen LogP contribution in [0.25, 0.3) is 0 Å². The van der Waals surface area contributed by atoms with Crippen LogP contribution in [0.5, 0.6) is 0 Å². The van der Waals surface area contributed by atoms with Gasteiger partial charge in [-0.2, -0.15) is 0 Å². The monoisotopic (exact) mass is 327 g/mol. The molecule has 0 aliphatic carbocycles. The lowest BCUT2D eigenvalue weighted by Gasteiger charge is -2.27. The zero-order valence-corrected chi connectivity index (χ0v) is 13.9. The van der Waals surface area contributed by atoms with Crippen LogP contribution in [0.2, 0.25) is 0 Å². The van der Waals surface area contributed by atoms with Crippen molar-refractivity contribution in [3.8, 4) is 0 Å². The third-order valence-electron chi connectivity index (χ3n) is 3.98. The van der Waals surface area contributed by atoms with Gasteiger partial charge in [0, 0.05) is 23.8 Å². The number of rotatable bonds is 4. The van der Waals surface area contributed by atoms with Gasteiger partial charge in [0.15, 0.2) is 9.84 Å². The van der Waals surface area contributed by atoms with Gasteiger partial charge >= 0.3 is 0 Å². The van der Waals surface area contributed by atoms with Gasteiger partial charge in [0.1, 0.15) is 5.82 Å². The highest BCUT2D eigenvalue weighted by atomic mass is 32.2. The summed E-state index contributed by atoms with van der Waals surface area (Å²) in [5, 5.41) is 0. The minimum atomic E-state index is -3.05. The van der Waals surface area contributed by atoms with Crippen LogP contribution in [0.15, 0.2) is 4.79 Å². The van der Waals surface area contributed by atoms with Crippen molar-refractivity contribution in [2.45, 2.75) is 39.7 Å². The maximum absolute atomic E-state index is 12.5. The molecule has 122 valence electrons. The van der Waals surface area contributed by atoms with Crippen molar-refractivity contribution in [1.82, 2.24) is 14.9 Å². The van der Waals surface area contributed by atoms with E-state index < -0.39 is 9.84 Å². The summed E-state index contributed by atoms with van der Waals surface area (Å²) in [6, 6.07) is -0.291. The predicted molar refractivity (Wildman–Crippen MR) is 82.5 cm³/mol. The summed E-state index contributed by atoms with van der Waals surface area (Å²) < 4.78 is 23.2. The van der Waals surface area contributed by atoms with Gasteiger partial charge in [-0.15, -0.1) is 0 Å². The van der Waals surface area contributed by atoms with Crippen molar-refractivity contribution in [2.24, 2.45) is 0 Å². The first-order valence-electron chi connectivity index (χ1n) is 7.29. The molecular weight excluding hydrogens is 306 g/mol. The number of H-pyrrole nitrogens is 1. The zero-order valence-electron chi connectivity index (χ0n) is 13.0. The second-order valence-corrected chi connectivity index (χ2v) is 7.86. The van der Waals surface area contributed by atoms with Crippen molar-refractivity contribution >= 4 is 15.7 Å². The van der Waals surface area contributed by atoms with Gasteiger partial charge in [-0.1, -0.05) is 0 Å². The molecule has 1 saturated heterocycles. The van der Waals surface area contributed by atoms with E-state index in [9.17, 15) is 18.0 Å². The number of nitrogens with one attached hydrogen (secondary N) is 1. The van der Waals surface area contributed by atoms with Crippen LogP contribution in [-0.4, -0.2) is 53.3 Å². The number of hydrogen-bond acceptors (Lipinski definition) is 5. The summed E-state index contributed by atoms with van der Waals surface area (Å²) >= 11 is 0. The fourth-order valence-electron chi connectivity index (χ4n) is 2.87. The Balaban J connectivity index is 2.19. The first-order valence-corrected chi connectivity index (χ1v) is 9.12. The van der Waals surface area contributed by atoms with Crippen LogP contribution in [0, 0.1) is 13.8 Å². The minimum absolute atomic E-state index is 0.00800. The fourth-order valence-corrected chi connectivity index (χ4v) is 4.60. The van der Waals surface area contributed by atoms with Gasteiger partial charge in [-0.3, -0.25) is 9.59 Å². The van der Waals surface area contributed by atoms with Gasteiger partial charge in [-0.25, -0.2) is 13.4 Å². The van der Waals surface area contributed by atoms with Crippen LogP contribution >= 0.6 is 0 Å². The summed E-state index contributed by atoms with van der Waals surface area (Å²) in [6.45, 7) is 5.62. The molecule has 22 heavy (non-hydrogen) atoms. The molecule has 0 radical (unpaired) electrons. The highest BCUT2D eigenvalue weighted by molar-refractivity contribution is 7.91. The number of aryl methyl sites for hydroxylation is 2. The second kappa shape index (κ2) is 6.20. The third kappa shape index (κ3) is 3.55. The molecule has 1 aliphatic heterocycles. The number of aromatic amines is 1. The first-order chi connectivity index (χ1) is 10.2. The number of sulfone groups is 1. The zero-order chi connectivity index (χ0) is 16.5. The van der Waals surface area contributed by atoms with Crippen molar-refractivity contribution in [2.75, 3.05) is 18.1 Å². The van der Waals surface area contributed by atoms with Gasteiger partial charge < -0.3 is 9.88 Å². The molecule has 0 saturated carbocycles. The number of likely N-dealkylation sites (N-methyl/N-ethyl adjacent to an activating group) is 1. The quantitative estimate of drug-likeness (QED) is 0.837. The molecule has 1 aliphatic rings. The van der Waals surface area contributed by atoms with E-state index in [1.807, 2.05) is 6.92 Å². The van der Waals surface area contributed by atoms with E-state index in [1.165, 1.54) is 0 Å². The lowest BCUT2D eigenvalue weighted by Crippen LogP contribution is -2.42. The molecule has 1 N–H and O–H groups in total. The molecule has 0 spiro atoms. The Labute approximate surface area is 129 Å². The molecular formula is C14H21N3O4S. The number of amides is 1. The Morgan fingerprint density at radius 1 is 1.41 bits per heavy atom. The van der Waals surface area contributed by atoms with Gasteiger partial charge in [-0.05, 0) is 27.2 Å². The van der Waals surface area contributed by atoms with Crippen molar-refractivity contribution in [3.63, 3.8) is 0 Å². The van der Waals surface area contributed by atoms with Gasteiger partial charge in [0.25, 0.3) is 5.56 Å². The molecule has 1 unspecified atom stereocenters. The van der Waals surface area contributed by atoms with E-state index >= 15 is 0 Å². The Hall–Kier alpha value is -1.70. The smallest absolute Gasteiger partial charge is 0.254 e. The first kappa shape index (κ1) is 16.7. The topological polar surface area (TPSA) is 100 Å². The summed E-state index contributed by atoms with van der Waals surface area (Å²) in [6.07, 6.45) is 0.405. The molecule has 2 heterocycles. The molecule has 1 aromatic rings. The molecule has 1 fully saturated rings. The number of carbonyl (C=O) groups is 1. The van der Waals surface area contributed by atoms with E-state index in [-0.39, 0.29) is 35.4 Å². The second-order valence-electron chi connectivity index (χ2n) is 5.63. The van der Waals surface area contributed by atoms with Crippen LogP contribution in [0.1, 0.15) is 30.4 Å². The maximum Gasteiger partial charge on any atom is 0.254 e. The van der Waals surface area contributed by atoms with Crippen LogP contribution in [0.4, 0.5) is 0 Å². The molecule has 0 aromatic carbocycles. The fraction of sp³-hybridized carbons (Fsp3) is 0.643. The Bertz CT molecular complexity index is 739. The minimum Gasteiger partial charge on any atom is -0.339 e. The number of hydrogen-bond donors (Lipinski definition) is 1. The third-order valence-corrected chi connectivity index (χ3v) is 5.73. The summed E-state index contributed by atoms with van der Waals surface area (Å²) in [5.41, 5.74) is 0.563. The normalized spacial score (nSPS) is 20.0. The average Bonchev–Trinajstić information content (AvgIpc) is 2.75. The van der Waals surface area contributed by atoms with E-state index in [0.717, 1.165) is 0 Å². The Morgan fingerprint density at radius 3 is 2.59 bits per heavy atom. The average molecular weight is 327 g/mol. The SMILES string of the molecule is CCN(C(=O)Cc1c(C)nc(C)[nH]c1=O)C1CCS(=O)(=O)C1. The van der Waals surface area contributed by atoms with E-state index in [2.05, 4.69) is 9.97 Å². The molecule has 0 bridgehead atoms. The van der Waals surface area contributed by atoms with Crippen LogP contribution in [0.3, 0.4) is 0 Å². The highest BCUT2D eigenvalue weighted by Crippen LogP contribution is 2.18. The van der Waals surface area contributed by atoms with Gasteiger partial charge in [0.05, 0.1) is 17.9 Å². The van der Waals surface area contributed by atoms with Crippen LogP contribution < -0.4 is 5.56 Å². The standard InChI is InChI=1S/C14H21N3O4S/c1-4-17(11-5-6-22(20,21)8-11)13(18)7-12-9(2)15-10(3)16-14(12)19/h11H,4-8H2,1-3H3,(H,15,16,19). The lowest BCUT2D eigenvalue weighted by molar-refractivity contribution is -0.132. The lowest BCUT2D eigenvalue weighted by atomic mass is 10.1. The molecule has 1 aromatic heterocycles. The summed E-state index contributed by atoms with van der Waals surface area (Å²) in [7, 11) is -3.05. The molecule has 7 nitrogen and oxygen atoms in total. The van der Waals surface area contributed by atoms with E-state index in [4.69, 9.17) is 0 Å². The summed E-state index contributed by atoms with van der Waals surface area (Å²) in [4.78, 5) is 32.8. The number of aromatic nitrogens is 2. The molecule has 2 rings (SSSR count). The molecule has 1 amide bonds. The Kier molecular flexibility index (Phi) is 4.69. The van der Waals surface area contributed by atoms with Crippen molar-refractivity contribution in [1.29, 1.82) is 0 Å². The maximum atomic E-state index is 12.5.